The van der Waals surface area contributed by atoms with Crippen molar-refractivity contribution in [2.45, 2.75) is 13.1 Å². The highest BCUT2D eigenvalue weighted by molar-refractivity contribution is 5.96. The number of rotatable bonds is 3. The minimum atomic E-state index is -1.25. The number of anilines is 1. The molecule has 0 fully saturated rings. The molecule has 0 spiro atoms. The summed E-state index contributed by atoms with van der Waals surface area (Å²) in [6, 6.07) is 12.7. The van der Waals surface area contributed by atoms with Crippen LogP contribution in [0.5, 0.6) is 5.75 Å². The highest BCUT2D eigenvalue weighted by atomic mass is 19.1. The van der Waals surface area contributed by atoms with Gasteiger partial charge in [0, 0.05) is 5.56 Å². The molecule has 3 aromatic rings. The Hall–Kier alpha value is -3.22. The molecule has 1 amide bonds. The van der Waals surface area contributed by atoms with Crippen LogP contribution in [0.2, 0.25) is 0 Å². The number of fused-ring (bicyclic) bond motifs is 1. The van der Waals surface area contributed by atoms with Crippen molar-refractivity contribution < 1.29 is 18.3 Å². The largest absolute Gasteiger partial charge is 0.482 e. The molecule has 1 N–H and O–H groups in total. The predicted molar refractivity (Wildman–Crippen MR) is 92.6 cm³/mol. The average Bonchev–Trinajstić information content (AvgIpc) is 3.07. The predicted octanol–water partition coefficient (Wildman–Crippen LogP) is 4.04. The summed E-state index contributed by atoms with van der Waals surface area (Å²) in [5.74, 6) is -0.0322. The molecule has 0 saturated heterocycles. The van der Waals surface area contributed by atoms with E-state index < -0.39 is 6.17 Å². The summed E-state index contributed by atoms with van der Waals surface area (Å²) in [6.45, 7) is 1.38. The number of hydrogen-bond acceptors (Lipinski definition) is 3. The Labute approximate surface area is 148 Å². The van der Waals surface area contributed by atoms with Gasteiger partial charge in [0.2, 0.25) is 0 Å². The van der Waals surface area contributed by atoms with Crippen molar-refractivity contribution in [2.75, 3.05) is 11.9 Å². The fraction of sp³-hybridized carbons (Fsp3) is 0.158. The first-order valence-corrected chi connectivity index (χ1v) is 8.08. The van der Waals surface area contributed by atoms with E-state index in [4.69, 9.17) is 4.74 Å². The zero-order valence-electron chi connectivity index (χ0n) is 13.9. The minimum absolute atomic E-state index is 0.0244. The fourth-order valence-electron chi connectivity index (χ4n) is 2.82. The number of halogens is 2. The quantitative estimate of drug-likeness (QED) is 0.771. The van der Waals surface area contributed by atoms with E-state index in [1.807, 2.05) is 0 Å². The van der Waals surface area contributed by atoms with Crippen molar-refractivity contribution >= 4 is 11.6 Å². The fourth-order valence-corrected chi connectivity index (χ4v) is 2.82. The molecule has 0 saturated carbocycles. The molecular weight excluding hydrogens is 340 g/mol. The third kappa shape index (κ3) is 2.92. The number of carbonyl (C=O) groups is 1. The summed E-state index contributed by atoms with van der Waals surface area (Å²) >= 11 is 0. The lowest BCUT2D eigenvalue weighted by atomic mass is 10.1. The molecule has 2 heterocycles. The molecule has 0 bridgehead atoms. The van der Waals surface area contributed by atoms with Crippen molar-refractivity contribution in [3.8, 4) is 22.7 Å². The van der Waals surface area contributed by atoms with Gasteiger partial charge in [0.1, 0.15) is 17.7 Å². The summed E-state index contributed by atoms with van der Waals surface area (Å²) < 4.78 is 34.0. The Kier molecular flexibility index (Phi) is 3.91. The van der Waals surface area contributed by atoms with Crippen molar-refractivity contribution in [2.24, 2.45) is 0 Å². The van der Waals surface area contributed by atoms with Gasteiger partial charge in [-0.3, -0.25) is 4.79 Å². The second-order valence-corrected chi connectivity index (χ2v) is 6.01. The van der Waals surface area contributed by atoms with Gasteiger partial charge < -0.3 is 10.1 Å². The smallest absolute Gasteiger partial charge is 0.262 e. The average molecular weight is 355 g/mol. The van der Waals surface area contributed by atoms with Crippen LogP contribution in [0.25, 0.3) is 16.9 Å². The van der Waals surface area contributed by atoms with Crippen molar-refractivity contribution in [1.29, 1.82) is 0 Å². The number of aromatic nitrogens is 2. The zero-order chi connectivity index (χ0) is 18.3. The minimum Gasteiger partial charge on any atom is -0.482 e. The first-order chi connectivity index (χ1) is 12.5. The van der Waals surface area contributed by atoms with Crippen LogP contribution in [-0.4, -0.2) is 22.3 Å². The highest BCUT2D eigenvalue weighted by Gasteiger charge is 2.20. The SMILES string of the molecule is CC(F)c1cc(-c2ccc3c(c2)NC(=O)CO3)n(-c2ccc(F)cc2)n1. The molecule has 26 heavy (non-hydrogen) atoms. The van der Waals surface area contributed by atoms with Gasteiger partial charge in [-0.1, -0.05) is 0 Å². The van der Waals surface area contributed by atoms with Gasteiger partial charge >= 0.3 is 0 Å². The molecule has 1 aromatic heterocycles. The number of nitrogens with zero attached hydrogens (tertiary/aromatic N) is 2. The summed E-state index contributed by atoms with van der Waals surface area (Å²) in [5.41, 5.74) is 2.76. The van der Waals surface area contributed by atoms with Crippen LogP contribution in [-0.2, 0) is 4.79 Å². The Morgan fingerprint density at radius 3 is 2.69 bits per heavy atom. The van der Waals surface area contributed by atoms with Crippen molar-refractivity contribution in [3.63, 3.8) is 0 Å². The summed E-state index contributed by atoms with van der Waals surface area (Å²) in [6.07, 6.45) is -1.25. The Morgan fingerprint density at radius 1 is 1.19 bits per heavy atom. The van der Waals surface area contributed by atoms with Gasteiger partial charge in [-0.2, -0.15) is 5.10 Å². The first kappa shape index (κ1) is 16.3. The van der Waals surface area contributed by atoms with Gasteiger partial charge in [-0.15, -0.1) is 0 Å². The summed E-state index contributed by atoms with van der Waals surface area (Å²) in [4.78, 5) is 11.5. The molecule has 0 aliphatic carbocycles. The van der Waals surface area contributed by atoms with Gasteiger partial charge in [-0.25, -0.2) is 13.5 Å². The first-order valence-electron chi connectivity index (χ1n) is 8.08. The number of nitrogens with one attached hydrogen (secondary N) is 1. The number of benzene rings is 2. The lowest BCUT2D eigenvalue weighted by Gasteiger charge is -2.18. The highest BCUT2D eigenvalue weighted by Crippen LogP contribution is 2.34. The third-order valence-corrected chi connectivity index (χ3v) is 4.12. The van der Waals surface area contributed by atoms with E-state index in [0.29, 0.717) is 22.8 Å². The maximum atomic E-state index is 13.8. The molecule has 1 aliphatic rings. The van der Waals surface area contributed by atoms with Crippen LogP contribution in [0.15, 0.2) is 48.5 Å². The van der Waals surface area contributed by atoms with Gasteiger partial charge in [0.15, 0.2) is 6.61 Å². The van der Waals surface area contributed by atoms with Crippen LogP contribution in [0.4, 0.5) is 14.5 Å². The van der Waals surface area contributed by atoms with Gasteiger partial charge in [0.05, 0.1) is 22.8 Å². The molecule has 132 valence electrons. The van der Waals surface area contributed by atoms with E-state index in [2.05, 4.69) is 10.4 Å². The van der Waals surface area contributed by atoms with E-state index in [-0.39, 0.29) is 24.0 Å². The molecule has 7 heteroatoms. The molecule has 2 aromatic carbocycles. The van der Waals surface area contributed by atoms with E-state index in [1.165, 1.54) is 19.1 Å². The molecule has 4 rings (SSSR count). The van der Waals surface area contributed by atoms with Crippen LogP contribution < -0.4 is 10.1 Å². The van der Waals surface area contributed by atoms with Crippen LogP contribution in [0.1, 0.15) is 18.8 Å². The number of hydrogen-bond donors (Lipinski definition) is 1. The van der Waals surface area contributed by atoms with Crippen molar-refractivity contribution in [1.82, 2.24) is 9.78 Å². The number of ether oxygens (including phenoxy) is 1. The van der Waals surface area contributed by atoms with Crippen LogP contribution in [0.3, 0.4) is 0 Å². The second kappa shape index (κ2) is 6.25. The van der Waals surface area contributed by atoms with E-state index in [9.17, 15) is 13.6 Å². The second-order valence-electron chi connectivity index (χ2n) is 6.01. The van der Waals surface area contributed by atoms with E-state index in [1.54, 1.807) is 41.1 Å². The molecule has 0 radical (unpaired) electrons. The monoisotopic (exact) mass is 355 g/mol. The van der Waals surface area contributed by atoms with Crippen LogP contribution in [0, 0.1) is 5.82 Å². The Bertz CT molecular complexity index is 981. The number of carbonyl (C=O) groups excluding carboxylic acids is 1. The number of alkyl halides is 1. The van der Waals surface area contributed by atoms with Crippen molar-refractivity contribution in [3.05, 3.63) is 60.0 Å². The molecular formula is C19H15F2N3O2. The standard InChI is InChI=1S/C19H15F2N3O2/c1-11(20)15-9-17(24(23-15)14-5-3-13(21)4-6-14)12-2-7-18-16(8-12)22-19(25)10-26-18/h2-9,11H,10H2,1H3,(H,22,25). The molecule has 5 nitrogen and oxygen atoms in total. The third-order valence-electron chi connectivity index (χ3n) is 4.12. The molecule has 1 aliphatic heterocycles. The topological polar surface area (TPSA) is 56.1 Å². The van der Waals surface area contributed by atoms with Gasteiger partial charge in [0.25, 0.3) is 5.91 Å². The van der Waals surface area contributed by atoms with E-state index in [0.717, 1.165) is 5.56 Å². The Morgan fingerprint density at radius 2 is 1.96 bits per heavy atom. The van der Waals surface area contributed by atoms with E-state index >= 15 is 0 Å². The molecule has 1 unspecified atom stereocenters. The Balaban J connectivity index is 1.84. The van der Waals surface area contributed by atoms with Gasteiger partial charge in [-0.05, 0) is 55.5 Å². The summed E-state index contributed by atoms with van der Waals surface area (Å²) in [5, 5.41) is 7.06. The maximum absolute atomic E-state index is 13.8. The zero-order valence-corrected chi connectivity index (χ0v) is 13.9. The molecule has 1 atom stereocenters. The summed E-state index contributed by atoms with van der Waals surface area (Å²) in [7, 11) is 0. The maximum Gasteiger partial charge on any atom is 0.262 e. The van der Waals surface area contributed by atoms with Crippen LogP contribution >= 0.6 is 0 Å². The lowest BCUT2D eigenvalue weighted by molar-refractivity contribution is -0.118. The lowest BCUT2D eigenvalue weighted by Crippen LogP contribution is -2.25. The normalized spacial score (nSPS) is 14.3. The number of amides is 1.